The molecule has 3 rings (SSSR count). The van der Waals surface area contributed by atoms with Crippen LogP contribution < -0.4 is 5.32 Å². The highest BCUT2D eigenvalue weighted by molar-refractivity contribution is 7.99. The second kappa shape index (κ2) is 5.97. The monoisotopic (exact) mass is 308 g/mol. The number of nitrogens with one attached hydrogen (secondary N) is 1. The number of hydrogen-bond donors (Lipinski definition) is 1. The molecule has 0 unspecified atom stereocenters. The lowest BCUT2D eigenvalue weighted by Gasteiger charge is -2.07. The number of nitrogens with zero attached hydrogens (tertiary/aromatic N) is 3. The predicted octanol–water partition coefficient (Wildman–Crippen LogP) is 2.10. The number of carbonyl (C=O) groups is 1. The summed E-state index contributed by atoms with van der Waals surface area (Å²) in [6.45, 7) is 0. The fraction of sp³-hybridized carbons (Fsp3) is 0.462. The molecule has 2 heterocycles. The first kappa shape index (κ1) is 13.6. The van der Waals surface area contributed by atoms with Crippen molar-refractivity contribution in [3.63, 3.8) is 0 Å². The molecule has 1 aliphatic carbocycles. The number of hydrogen-bond acceptors (Lipinski definition) is 5. The summed E-state index contributed by atoms with van der Waals surface area (Å²) in [6.07, 6.45) is 3.19. The molecule has 5 nitrogen and oxygen atoms in total. The standard InChI is InChI=1S/C13H16N4OS2/c1-14-12(18)8-20-13-16-15-11(17(13)9-4-5-9)7-10-3-2-6-19-10/h2-3,6,9H,4-5,7-8H2,1H3,(H,14,18). The predicted molar refractivity (Wildman–Crippen MR) is 80.2 cm³/mol. The van der Waals surface area contributed by atoms with Gasteiger partial charge in [-0.1, -0.05) is 17.8 Å². The first-order valence-corrected chi connectivity index (χ1v) is 8.44. The van der Waals surface area contributed by atoms with Gasteiger partial charge >= 0.3 is 0 Å². The minimum Gasteiger partial charge on any atom is -0.358 e. The van der Waals surface area contributed by atoms with Crippen molar-refractivity contribution < 1.29 is 4.79 Å². The highest BCUT2D eigenvalue weighted by Crippen LogP contribution is 2.39. The zero-order valence-electron chi connectivity index (χ0n) is 11.2. The van der Waals surface area contributed by atoms with Crippen LogP contribution in [0.2, 0.25) is 0 Å². The molecule has 7 heteroatoms. The Balaban J connectivity index is 1.77. The van der Waals surface area contributed by atoms with Gasteiger partial charge in [0.25, 0.3) is 0 Å². The fourth-order valence-corrected chi connectivity index (χ4v) is 3.60. The molecule has 1 fully saturated rings. The van der Waals surface area contributed by atoms with Gasteiger partial charge in [0.05, 0.1) is 5.75 Å². The molecule has 2 aromatic heterocycles. The van der Waals surface area contributed by atoms with Crippen molar-refractivity contribution in [3.05, 3.63) is 28.2 Å². The van der Waals surface area contributed by atoms with Crippen LogP contribution in [0.4, 0.5) is 0 Å². The van der Waals surface area contributed by atoms with E-state index in [0.29, 0.717) is 11.8 Å². The quantitative estimate of drug-likeness (QED) is 0.830. The highest BCUT2D eigenvalue weighted by atomic mass is 32.2. The van der Waals surface area contributed by atoms with Crippen molar-refractivity contribution in [1.29, 1.82) is 0 Å². The number of rotatable bonds is 6. The Morgan fingerprint density at radius 2 is 2.40 bits per heavy atom. The van der Waals surface area contributed by atoms with Crippen molar-refractivity contribution >= 4 is 29.0 Å². The van der Waals surface area contributed by atoms with Gasteiger partial charge in [-0.3, -0.25) is 4.79 Å². The maximum absolute atomic E-state index is 11.4. The van der Waals surface area contributed by atoms with Gasteiger partial charge in [0.15, 0.2) is 5.16 Å². The smallest absolute Gasteiger partial charge is 0.230 e. The molecule has 0 aliphatic heterocycles. The molecule has 20 heavy (non-hydrogen) atoms. The third kappa shape index (κ3) is 3.04. The van der Waals surface area contributed by atoms with E-state index in [1.165, 1.54) is 29.5 Å². The van der Waals surface area contributed by atoms with E-state index >= 15 is 0 Å². The minimum absolute atomic E-state index is 0.0140. The van der Waals surface area contributed by atoms with Gasteiger partial charge in [0, 0.05) is 24.4 Å². The topological polar surface area (TPSA) is 59.8 Å². The summed E-state index contributed by atoms with van der Waals surface area (Å²) in [5, 5.41) is 14.2. The van der Waals surface area contributed by atoms with E-state index in [-0.39, 0.29) is 5.91 Å². The molecule has 0 radical (unpaired) electrons. The first-order valence-electron chi connectivity index (χ1n) is 6.57. The van der Waals surface area contributed by atoms with Gasteiger partial charge in [-0.25, -0.2) is 0 Å². The third-order valence-electron chi connectivity index (χ3n) is 3.17. The highest BCUT2D eigenvalue weighted by Gasteiger charge is 2.29. The Kier molecular flexibility index (Phi) is 4.07. The maximum atomic E-state index is 11.4. The molecule has 1 N–H and O–H groups in total. The van der Waals surface area contributed by atoms with Crippen LogP contribution in [0.3, 0.4) is 0 Å². The van der Waals surface area contributed by atoms with Crippen molar-refractivity contribution in [3.8, 4) is 0 Å². The van der Waals surface area contributed by atoms with E-state index in [2.05, 4.69) is 37.6 Å². The molecule has 1 amide bonds. The summed E-state index contributed by atoms with van der Waals surface area (Å²) in [5.41, 5.74) is 0. The largest absolute Gasteiger partial charge is 0.358 e. The zero-order valence-corrected chi connectivity index (χ0v) is 12.8. The Hall–Kier alpha value is -1.34. The van der Waals surface area contributed by atoms with Crippen LogP contribution in [0.15, 0.2) is 22.7 Å². The average Bonchev–Trinajstić information content (AvgIpc) is 3.01. The van der Waals surface area contributed by atoms with Gasteiger partial charge in [-0.15, -0.1) is 21.5 Å². The summed E-state index contributed by atoms with van der Waals surface area (Å²) in [7, 11) is 1.65. The number of thiophene rings is 1. The van der Waals surface area contributed by atoms with E-state index in [4.69, 9.17) is 0 Å². The molecule has 0 atom stereocenters. The fourth-order valence-electron chi connectivity index (χ4n) is 2.00. The van der Waals surface area contributed by atoms with Gasteiger partial charge < -0.3 is 9.88 Å². The van der Waals surface area contributed by atoms with Gasteiger partial charge in [-0.2, -0.15) is 0 Å². The second-order valence-electron chi connectivity index (χ2n) is 4.72. The van der Waals surface area contributed by atoms with Gasteiger partial charge in [0.2, 0.25) is 5.91 Å². The van der Waals surface area contributed by atoms with Crippen LogP contribution >= 0.6 is 23.1 Å². The summed E-state index contributed by atoms with van der Waals surface area (Å²) in [5.74, 6) is 1.41. The lowest BCUT2D eigenvalue weighted by Crippen LogP contribution is -2.20. The second-order valence-corrected chi connectivity index (χ2v) is 6.69. The molecule has 0 aromatic carbocycles. The number of aromatic nitrogens is 3. The molecule has 106 valence electrons. The maximum Gasteiger partial charge on any atom is 0.230 e. The van der Waals surface area contributed by atoms with Crippen molar-refractivity contribution in [1.82, 2.24) is 20.1 Å². The summed E-state index contributed by atoms with van der Waals surface area (Å²) >= 11 is 3.20. The number of carbonyl (C=O) groups excluding carboxylic acids is 1. The molecule has 0 bridgehead atoms. The van der Waals surface area contributed by atoms with E-state index in [9.17, 15) is 4.79 Å². The molecule has 2 aromatic rings. The lowest BCUT2D eigenvalue weighted by atomic mass is 10.3. The Morgan fingerprint density at radius 1 is 1.55 bits per heavy atom. The number of amides is 1. The molecule has 0 saturated heterocycles. The van der Waals surface area contributed by atoms with Crippen molar-refractivity contribution in [2.24, 2.45) is 0 Å². The SMILES string of the molecule is CNC(=O)CSc1nnc(Cc2cccs2)n1C1CC1. The normalized spacial score (nSPS) is 14.4. The van der Waals surface area contributed by atoms with Crippen LogP contribution in [-0.2, 0) is 11.2 Å². The zero-order chi connectivity index (χ0) is 13.9. The van der Waals surface area contributed by atoms with E-state index in [1.54, 1.807) is 18.4 Å². The Labute approximate surface area is 125 Å². The van der Waals surface area contributed by atoms with Crippen LogP contribution in [0.5, 0.6) is 0 Å². The molecular weight excluding hydrogens is 292 g/mol. The average molecular weight is 308 g/mol. The Morgan fingerprint density at radius 3 is 3.05 bits per heavy atom. The third-order valence-corrected chi connectivity index (χ3v) is 4.99. The van der Waals surface area contributed by atoms with Gasteiger partial charge in [0.1, 0.15) is 5.82 Å². The van der Waals surface area contributed by atoms with E-state index in [0.717, 1.165) is 17.4 Å². The Bertz CT molecular complexity index is 590. The van der Waals surface area contributed by atoms with Crippen LogP contribution in [0, 0.1) is 0 Å². The van der Waals surface area contributed by atoms with Crippen LogP contribution in [0.1, 0.15) is 29.6 Å². The van der Waals surface area contributed by atoms with E-state index in [1.807, 2.05) is 0 Å². The summed E-state index contributed by atoms with van der Waals surface area (Å²) < 4.78 is 2.22. The van der Waals surface area contributed by atoms with E-state index < -0.39 is 0 Å². The van der Waals surface area contributed by atoms with Crippen molar-refractivity contribution in [2.75, 3.05) is 12.8 Å². The van der Waals surface area contributed by atoms with Crippen LogP contribution in [0.25, 0.3) is 0 Å². The van der Waals surface area contributed by atoms with Crippen molar-refractivity contribution in [2.45, 2.75) is 30.5 Å². The molecule has 0 spiro atoms. The molecule has 1 aliphatic rings. The summed E-state index contributed by atoms with van der Waals surface area (Å²) in [4.78, 5) is 12.7. The number of thioether (sulfide) groups is 1. The van der Waals surface area contributed by atoms with Gasteiger partial charge in [-0.05, 0) is 24.3 Å². The molecule has 1 saturated carbocycles. The minimum atomic E-state index is 0.0140. The first-order chi connectivity index (χ1) is 9.78. The lowest BCUT2D eigenvalue weighted by molar-refractivity contribution is -0.118. The van der Waals surface area contributed by atoms with Crippen LogP contribution in [-0.4, -0.2) is 33.5 Å². The molecular formula is C13H16N4OS2. The summed E-state index contributed by atoms with van der Waals surface area (Å²) in [6, 6.07) is 4.69.